The van der Waals surface area contributed by atoms with Crippen LogP contribution in [0.1, 0.15) is 13.0 Å². The molecule has 15 heteroatoms. The van der Waals surface area contributed by atoms with Crippen molar-refractivity contribution in [2.75, 3.05) is 30.4 Å². The van der Waals surface area contributed by atoms with Crippen LogP contribution in [0.15, 0.2) is 55.0 Å². The smallest absolute Gasteiger partial charge is 0.333 e. The van der Waals surface area contributed by atoms with E-state index in [1.54, 1.807) is 6.07 Å². The molecule has 3 aromatic heterocycles. The molecule has 214 valence electrons. The van der Waals surface area contributed by atoms with Crippen LogP contribution in [0.2, 0.25) is 0 Å². The van der Waals surface area contributed by atoms with E-state index in [2.05, 4.69) is 20.4 Å². The molecule has 4 aromatic rings. The van der Waals surface area contributed by atoms with E-state index >= 15 is 0 Å². The number of nitrogens with two attached hydrogens (primary N) is 1. The number of aromatic nitrogens is 4. The summed E-state index contributed by atoms with van der Waals surface area (Å²) in [5.41, 5.74) is 6.43. The van der Waals surface area contributed by atoms with Gasteiger partial charge >= 0.3 is 6.55 Å². The van der Waals surface area contributed by atoms with Crippen molar-refractivity contribution in [2.24, 2.45) is 5.73 Å². The third-order valence-corrected chi connectivity index (χ3v) is 6.66. The first-order valence-corrected chi connectivity index (χ1v) is 12.4. The Morgan fingerprint density at radius 1 is 1.22 bits per heavy atom. The number of nitrogens with zero attached hydrogens (tertiary/aromatic N) is 6. The predicted octanol–water partition coefficient (Wildman–Crippen LogP) is 5.08. The molecular formula is C26H24F4N8O3. The number of methoxy groups -OCH3 is 1. The zero-order valence-electron chi connectivity index (χ0n) is 21.5. The second-order valence-electron chi connectivity index (χ2n) is 9.25. The van der Waals surface area contributed by atoms with Gasteiger partial charge < -0.3 is 20.7 Å². The van der Waals surface area contributed by atoms with Gasteiger partial charge in [0.25, 0.3) is 5.69 Å². The fourth-order valence-electron chi connectivity index (χ4n) is 4.64. The Bertz CT molecular complexity index is 1580. The number of benzene rings is 1. The summed E-state index contributed by atoms with van der Waals surface area (Å²) in [6.45, 7) is -2.37. The van der Waals surface area contributed by atoms with Crippen LogP contribution in [0.25, 0.3) is 22.4 Å². The van der Waals surface area contributed by atoms with Gasteiger partial charge in [-0.3, -0.25) is 10.1 Å². The Morgan fingerprint density at radius 2 is 2.02 bits per heavy atom. The summed E-state index contributed by atoms with van der Waals surface area (Å²) >= 11 is 0. The molecule has 11 nitrogen and oxygen atoms in total. The molecule has 0 saturated carbocycles. The van der Waals surface area contributed by atoms with Crippen LogP contribution in [0.5, 0.6) is 5.75 Å². The van der Waals surface area contributed by atoms with Crippen molar-refractivity contribution in [2.45, 2.75) is 25.2 Å². The third kappa shape index (κ3) is 5.61. The minimum Gasteiger partial charge on any atom is -0.496 e. The molecule has 1 saturated heterocycles. The lowest BCUT2D eigenvalue weighted by Gasteiger charge is -2.35. The van der Waals surface area contributed by atoms with Crippen LogP contribution in [-0.2, 0) is 0 Å². The highest BCUT2D eigenvalue weighted by molar-refractivity contribution is 5.81. The number of halogens is 4. The highest BCUT2D eigenvalue weighted by atomic mass is 19.3. The highest BCUT2D eigenvalue weighted by Gasteiger charge is 2.29. The van der Waals surface area contributed by atoms with Crippen molar-refractivity contribution in [3.05, 3.63) is 70.9 Å². The number of piperidine rings is 1. The maximum Gasteiger partial charge on any atom is 0.333 e. The largest absolute Gasteiger partial charge is 0.496 e. The molecule has 4 heterocycles. The molecule has 0 aliphatic carbocycles. The van der Waals surface area contributed by atoms with Crippen molar-refractivity contribution in [3.8, 4) is 28.1 Å². The molecule has 0 amide bonds. The lowest BCUT2D eigenvalue weighted by molar-refractivity contribution is -0.384. The van der Waals surface area contributed by atoms with Gasteiger partial charge in [-0.1, -0.05) is 6.07 Å². The van der Waals surface area contributed by atoms with Gasteiger partial charge in [0.1, 0.15) is 29.4 Å². The molecule has 41 heavy (non-hydrogen) atoms. The first-order valence-electron chi connectivity index (χ1n) is 12.4. The van der Waals surface area contributed by atoms with E-state index in [4.69, 9.17) is 10.5 Å². The van der Waals surface area contributed by atoms with Crippen LogP contribution in [-0.4, -0.2) is 57.1 Å². The van der Waals surface area contributed by atoms with E-state index in [9.17, 15) is 27.7 Å². The van der Waals surface area contributed by atoms with E-state index in [1.807, 2.05) is 4.90 Å². The minimum atomic E-state index is -2.84. The van der Waals surface area contributed by atoms with Gasteiger partial charge in [0.15, 0.2) is 5.69 Å². The molecule has 0 bridgehead atoms. The van der Waals surface area contributed by atoms with Crippen LogP contribution in [0.4, 0.5) is 40.6 Å². The van der Waals surface area contributed by atoms with E-state index in [1.165, 1.54) is 50.0 Å². The van der Waals surface area contributed by atoms with Crippen molar-refractivity contribution >= 4 is 23.0 Å². The standard InChI is InChI=1S/C26H24F4N8O3/c1-41-21-4-2-3-17(28)24(21)25-19(38(39)40)5-6-22(35-25)34-23-9-20(36-8-7-16(27)18(31)13-36)15(11-32-23)14-10-33-37(12-14)26(29)30/h2-6,9-12,16,18,26H,7-8,13,31H2,1H3,(H,32,34,35)/t16-,18-/m1/s1. The average Bonchev–Trinajstić information content (AvgIpc) is 3.45. The molecule has 2 atom stereocenters. The van der Waals surface area contributed by atoms with Gasteiger partial charge in [0.2, 0.25) is 0 Å². The highest BCUT2D eigenvalue weighted by Crippen LogP contribution is 2.39. The van der Waals surface area contributed by atoms with Gasteiger partial charge in [-0.2, -0.15) is 13.9 Å². The molecule has 3 N–H and O–H groups in total. The molecule has 0 radical (unpaired) electrons. The van der Waals surface area contributed by atoms with Crippen LogP contribution < -0.4 is 20.7 Å². The first-order chi connectivity index (χ1) is 19.7. The number of nitro groups is 1. The van der Waals surface area contributed by atoms with Crippen LogP contribution >= 0.6 is 0 Å². The first kappa shape index (κ1) is 27.8. The summed E-state index contributed by atoms with van der Waals surface area (Å²) in [7, 11) is 1.31. The van der Waals surface area contributed by atoms with Crippen molar-refractivity contribution in [1.29, 1.82) is 0 Å². The number of ether oxygens (including phenoxy) is 1. The van der Waals surface area contributed by atoms with Gasteiger partial charge in [-0.25, -0.2) is 23.4 Å². The Kier molecular flexibility index (Phi) is 7.70. The number of anilines is 3. The third-order valence-electron chi connectivity index (χ3n) is 6.66. The van der Waals surface area contributed by atoms with Gasteiger partial charge in [0.05, 0.1) is 29.8 Å². The van der Waals surface area contributed by atoms with Gasteiger partial charge in [-0.05, 0) is 24.6 Å². The predicted molar refractivity (Wildman–Crippen MR) is 143 cm³/mol. The number of rotatable bonds is 8. The average molecular weight is 573 g/mol. The number of hydrogen-bond acceptors (Lipinski definition) is 9. The molecular weight excluding hydrogens is 548 g/mol. The zero-order valence-corrected chi connectivity index (χ0v) is 21.5. The van der Waals surface area contributed by atoms with Crippen molar-refractivity contribution < 1.29 is 27.2 Å². The van der Waals surface area contributed by atoms with E-state index in [0.717, 1.165) is 6.07 Å². The SMILES string of the molecule is COc1cccc(F)c1-c1nc(Nc2cc(N3CC[C@@H](F)[C@H](N)C3)c(-c3cnn(C(F)F)c3)cn2)ccc1[N+](=O)[O-]. The Labute approximate surface area is 230 Å². The number of hydrogen-bond donors (Lipinski definition) is 2. The Balaban J connectivity index is 1.56. The van der Waals surface area contributed by atoms with Crippen LogP contribution in [0, 0.1) is 15.9 Å². The molecule has 1 aliphatic rings. The zero-order chi connectivity index (χ0) is 29.3. The fourth-order valence-corrected chi connectivity index (χ4v) is 4.64. The summed E-state index contributed by atoms with van der Waals surface area (Å²) in [4.78, 5) is 21.5. The summed E-state index contributed by atoms with van der Waals surface area (Å²) in [6.07, 6.45) is 2.86. The molecule has 0 spiro atoms. The molecule has 1 aliphatic heterocycles. The summed E-state index contributed by atoms with van der Waals surface area (Å²) in [5, 5.41) is 18.4. The molecule has 0 unspecified atom stereocenters. The lowest BCUT2D eigenvalue weighted by Crippen LogP contribution is -2.49. The van der Waals surface area contributed by atoms with E-state index in [-0.39, 0.29) is 41.6 Å². The fraction of sp³-hybridized carbons (Fsp3) is 0.269. The molecule has 1 fully saturated rings. The maximum absolute atomic E-state index is 14.8. The Hall–Kier alpha value is -4.79. The topological polar surface area (TPSA) is 137 Å². The Morgan fingerprint density at radius 3 is 2.71 bits per heavy atom. The summed E-state index contributed by atoms with van der Waals surface area (Å²) in [6, 6.07) is 7.35. The molecule has 5 rings (SSSR count). The number of alkyl halides is 3. The monoisotopic (exact) mass is 572 g/mol. The van der Waals surface area contributed by atoms with Gasteiger partial charge in [0, 0.05) is 54.4 Å². The number of nitrogens with one attached hydrogen (secondary N) is 1. The summed E-state index contributed by atoms with van der Waals surface area (Å²) < 4.78 is 61.0. The lowest BCUT2D eigenvalue weighted by atomic mass is 10.0. The van der Waals surface area contributed by atoms with Crippen molar-refractivity contribution in [3.63, 3.8) is 0 Å². The van der Waals surface area contributed by atoms with E-state index < -0.39 is 35.2 Å². The minimum absolute atomic E-state index is 0.0551. The summed E-state index contributed by atoms with van der Waals surface area (Å²) in [5.74, 6) is -0.376. The van der Waals surface area contributed by atoms with Gasteiger partial charge in [-0.15, -0.1) is 0 Å². The second-order valence-corrected chi connectivity index (χ2v) is 9.25. The van der Waals surface area contributed by atoms with Crippen molar-refractivity contribution in [1.82, 2.24) is 19.7 Å². The molecule has 1 aromatic carbocycles. The maximum atomic E-state index is 14.8. The normalized spacial score (nSPS) is 17.1. The van der Waals surface area contributed by atoms with E-state index in [0.29, 0.717) is 28.0 Å². The quantitative estimate of drug-likeness (QED) is 0.168. The number of pyridine rings is 2. The second kappa shape index (κ2) is 11.4. The van der Waals surface area contributed by atoms with Crippen LogP contribution in [0.3, 0.4) is 0 Å².